The van der Waals surface area contributed by atoms with E-state index in [-0.39, 0.29) is 6.04 Å². The minimum absolute atomic E-state index is 0.0676. The van der Waals surface area contributed by atoms with Crippen molar-refractivity contribution in [2.45, 2.75) is 62.8 Å². The highest BCUT2D eigenvalue weighted by Gasteiger charge is 2.80. The zero-order valence-electron chi connectivity index (χ0n) is 21.4. The van der Waals surface area contributed by atoms with Crippen molar-refractivity contribution in [3.63, 3.8) is 0 Å². The first-order chi connectivity index (χ1) is 16.6. The van der Waals surface area contributed by atoms with Crippen LogP contribution in [0.5, 0.6) is 5.75 Å². The zero-order valence-corrected chi connectivity index (χ0v) is 21.4. The highest BCUT2D eigenvalue weighted by molar-refractivity contribution is 5.87. The lowest BCUT2D eigenvalue weighted by atomic mass is 9.47. The lowest BCUT2D eigenvalue weighted by Gasteiger charge is -2.63. The van der Waals surface area contributed by atoms with Crippen molar-refractivity contribution < 1.29 is 28.9 Å². The van der Waals surface area contributed by atoms with Crippen molar-refractivity contribution >= 4 is 17.6 Å². The molecule has 0 unspecified atom stereocenters. The summed E-state index contributed by atoms with van der Waals surface area (Å²) in [5, 5.41) is 12.6. The van der Waals surface area contributed by atoms with Gasteiger partial charge in [0.15, 0.2) is 6.10 Å². The summed E-state index contributed by atoms with van der Waals surface area (Å²) in [5.41, 5.74) is -1.44. The minimum atomic E-state index is -2.09. The van der Waals surface area contributed by atoms with Gasteiger partial charge in [0.2, 0.25) is 5.60 Å². The van der Waals surface area contributed by atoms with E-state index < -0.39 is 46.4 Å². The normalized spacial score (nSPS) is 37.0. The highest BCUT2D eigenvalue weighted by Crippen LogP contribution is 2.67. The summed E-state index contributed by atoms with van der Waals surface area (Å²) in [4.78, 5) is 31.1. The molecule has 4 aliphatic rings. The van der Waals surface area contributed by atoms with E-state index in [1.807, 2.05) is 31.0 Å². The number of hydrogen-bond donors (Lipinski definition) is 1. The molecule has 3 heterocycles. The van der Waals surface area contributed by atoms with Crippen molar-refractivity contribution in [3.05, 3.63) is 35.9 Å². The Hall–Kier alpha value is -2.58. The Morgan fingerprint density at radius 1 is 1.23 bits per heavy atom. The number of esters is 2. The number of anilines is 1. The van der Waals surface area contributed by atoms with Crippen LogP contribution >= 0.6 is 0 Å². The summed E-state index contributed by atoms with van der Waals surface area (Å²) in [6.07, 6.45) is 4.41. The Bertz CT molecular complexity index is 1090. The molecule has 8 nitrogen and oxygen atoms in total. The maximum Gasteiger partial charge on any atom is 0.344 e. The molecule has 2 fully saturated rings. The molecule has 5 rings (SSSR count). The fourth-order valence-corrected chi connectivity index (χ4v) is 7.76. The van der Waals surface area contributed by atoms with Gasteiger partial charge in [0, 0.05) is 42.2 Å². The molecule has 35 heavy (non-hydrogen) atoms. The topological polar surface area (TPSA) is 88.5 Å². The van der Waals surface area contributed by atoms with Crippen molar-refractivity contribution in [3.8, 4) is 5.75 Å². The fraction of sp³-hybridized carbons (Fsp3) is 0.630. The van der Waals surface area contributed by atoms with Gasteiger partial charge in [0.05, 0.1) is 26.2 Å². The summed E-state index contributed by atoms with van der Waals surface area (Å²) in [7, 11) is 4.80. The number of ether oxygens (including phenoxy) is 3. The second-order valence-electron chi connectivity index (χ2n) is 10.7. The Kier molecular flexibility index (Phi) is 5.49. The third-order valence-corrected chi connectivity index (χ3v) is 9.04. The van der Waals surface area contributed by atoms with E-state index in [1.54, 1.807) is 21.0 Å². The van der Waals surface area contributed by atoms with Gasteiger partial charge in [0.1, 0.15) is 5.75 Å². The largest absolute Gasteiger partial charge is 0.497 e. The molecule has 0 radical (unpaired) electrons. The molecule has 1 saturated heterocycles. The summed E-state index contributed by atoms with van der Waals surface area (Å²) in [6, 6.07) is 5.23. The van der Waals surface area contributed by atoms with Crippen LogP contribution in [0.1, 0.15) is 39.2 Å². The predicted molar refractivity (Wildman–Crippen MR) is 130 cm³/mol. The molecular formula is C27H36N2O6. The lowest BCUT2D eigenvalue weighted by Crippen LogP contribution is -2.81. The number of aliphatic hydroxyl groups is 1. The smallest absolute Gasteiger partial charge is 0.344 e. The molecule has 190 valence electrons. The van der Waals surface area contributed by atoms with Crippen LogP contribution in [0.2, 0.25) is 0 Å². The van der Waals surface area contributed by atoms with Crippen LogP contribution in [0.3, 0.4) is 0 Å². The minimum Gasteiger partial charge on any atom is -0.497 e. The molecule has 6 atom stereocenters. The molecule has 1 aromatic rings. The number of hydrogen-bond acceptors (Lipinski definition) is 8. The predicted octanol–water partition coefficient (Wildman–Crippen LogP) is 2.28. The maximum atomic E-state index is 13.7. The third-order valence-electron chi connectivity index (χ3n) is 9.04. The van der Waals surface area contributed by atoms with E-state index >= 15 is 0 Å². The van der Waals surface area contributed by atoms with Crippen LogP contribution in [0.25, 0.3) is 0 Å². The number of rotatable bonds is 5. The van der Waals surface area contributed by atoms with Crippen molar-refractivity contribution in [2.24, 2.45) is 11.3 Å². The average molecular weight is 485 g/mol. The molecule has 1 N–H and O–H groups in total. The van der Waals surface area contributed by atoms with Crippen molar-refractivity contribution in [2.75, 3.05) is 39.3 Å². The molecule has 3 aliphatic heterocycles. The molecule has 0 amide bonds. The first-order valence-corrected chi connectivity index (χ1v) is 12.5. The van der Waals surface area contributed by atoms with E-state index in [1.165, 1.54) is 7.11 Å². The van der Waals surface area contributed by atoms with Gasteiger partial charge in [-0.1, -0.05) is 39.0 Å². The summed E-state index contributed by atoms with van der Waals surface area (Å²) >= 11 is 0. The summed E-state index contributed by atoms with van der Waals surface area (Å²) in [6.45, 7) is 7.15. The third kappa shape index (κ3) is 2.81. The highest BCUT2D eigenvalue weighted by atomic mass is 16.6. The van der Waals surface area contributed by atoms with E-state index in [9.17, 15) is 14.7 Å². The molecule has 0 aromatic heterocycles. The molecule has 1 spiro atoms. The van der Waals surface area contributed by atoms with Crippen LogP contribution in [0.4, 0.5) is 5.69 Å². The van der Waals surface area contributed by atoms with Crippen LogP contribution in [-0.2, 0) is 24.5 Å². The average Bonchev–Trinajstić information content (AvgIpc) is 3.37. The number of nitrogens with zero attached hydrogens (tertiary/aromatic N) is 2. The van der Waals surface area contributed by atoms with Crippen molar-refractivity contribution in [1.29, 1.82) is 0 Å². The molecule has 1 aliphatic carbocycles. The molecule has 8 heteroatoms. The number of fused-ring (bicyclic) bond motifs is 1. The van der Waals surface area contributed by atoms with Gasteiger partial charge in [-0.3, -0.25) is 9.69 Å². The Morgan fingerprint density at radius 2 is 1.97 bits per heavy atom. The van der Waals surface area contributed by atoms with Gasteiger partial charge in [-0.2, -0.15) is 0 Å². The number of methoxy groups -OCH3 is 2. The second-order valence-corrected chi connectivity index (χ2v) is 10.7. The Morgan fingerprint density at radius 3 is 2.60 bits per heavy atom. The molecular weight excluding hydrogens is 448 g/mol. The fourth-order valence-electron chi connectivity index (χ4n) is 7.76. The summed E-state index contributed by atoms with van der Waals surface area (Å²) < 4.78 is 16.9. The van der Waals surface area contributed by atoms with Crippen LogP contribution in [-0.4, -0.2) is 80.1 Å². The van der Waals surface area contributed by atoms with Crippen LogP contribution in [0.15, 0.2) is 30.4 Å². The van der Waals surface area contributed by atoms with E-state index in [0.717, 1.165) is 30.8 Å². The number of likely N-dealkylation sites (N-methyl/N-ethyl adjacent to an activating group) is 1. The van der Waals surface area contributed by atoms with Gasteiger partial charge in [-0.05, 0) is 31.0 Å². The van der Waals surface area contributed by atoms with Crippen molar-refractivity contribution in [1.82, 2.24) is 4.90 Å². The van der Waals surface area contributed by atoms with E-state index in [0.29, 0.717) is 12.2 Å². The first kappa shape index (κ1) is 24.1. The number of benzene rings is 1. The Labute approximate surface area is 206 Å². The lowest BCUT2D eigenvalue weighted by molar-refractivity contribution is -0.230. The molecule has 0 bridgehead atoms. The van der Waals surface area contributed by atoms with E-state index in [4.69, 9.17) is 14.2 Å². The molecule has 1 saturated carbocycles. The van der Waals surface area contributed by atoms with Gasteiger partial charge in [-0.25, -0.2) is 4.79 Å². The van der Waals surface area contributed by atoms with Gasteiger partial charge in [0.25, 0.3) is 0 Å². The zero-order chi connectivity index (χ0) is 25.3. The van der Waals surface area contributed by atoms with Gasteiger partial charge < -0.3 is 24.2 Å². The summed E-state index contributed by atoms with van der Waals surface area (Å²) in [5.74, 6) is -0.928. The van der Waals surface area contributed by atoms with Gasteiger partial charge in [-0.15, -0.1) is 0 Å². The number of carbonyl (C=O) groups is 2. The maximum absolute atomic E-state index is 13.7. The SMILES string of the molecule is CC[C@]12C=CCN3CC[C@@]4(c5ccc(OC)cc5N(C)[C@H]4[C@@](O)(C(=O)OC)[C@@H]1OC(=O)C(C)C)[C@@H]32. The van der Waals surface area contributed by atoms with Crippen LogP contribution < -0.4 is 9.64 Å². The van der Waals surface area contributed by atoms with Crippen LogP contribution in [0, 0.1) is 11.3 Å². The molecule has 1 aromatic carbocycles. The standard InChI is InChI=1S/C27H36N2O6/c1-7-25-11-8-13-29-14-12-26(21(25)29)18-10-9-17(33-5)15-19(18)28(4)22(26)27(32,24(31)34-6)23(25)35-20(30)16(2)3/h8-11,15-16,21-23,32H,7,12-14H2,1-6H3/t21-,22+,23+,25+,26+,27-/m0/s1. The van der Waals surface area contributed by atoms with Gasteiger partial charge >= 0.3 is 11.9 Å². The monoisotopic (exact) mass is 484 g/mol. The quantitative estimate of drug-likeness (QED) is 0.503. The Balaban J connectivity index is 1.84. The first-order valence-electron chi connectivity index (χ1n) is 12.5. The van der Waals surface area contributed by atoms with E-state index in [2.05, 4.69) is 23.1 Å². The number of carbonyl (C=O) groups excluding carboxylic acids is 2. The second kappa shape index (κ2) is 7.96.